The summed E-state index contributed by atoms with van der Waals surface area (Å²) in [6, 6.07) is 6.19. The summed E-state index contributed by atoms with van der Waals surface area (Å²) in [7, 11) is -2.11. The molecule has 0 radical (unpaired) electrons. The average molecular weight is 409 g/mol. The van der Waals surface area contributed by atoms with Gasteiger partial charge in [-0.1, -0.05) is 44.2 Å². The predicted octanol–water partition coefficient (Wildman–Crippen LogP) is 3.52. The summed E-state index contributed by atoms with van der Waals surface area (Å²) < 4.78 is 26.5. The molecule has 0 spiro atoms. The Labute approximate surface area is 168 Å². The van der Waals surface area contributed by atoms with Crippen LogP contribution in [0.4, 0.5) is 0 Å². The highest BCUT2D eigenvalue weighted by Crippen LogP contribution is 2.18. The van der Waals surface area contributed by atoms with Crippen LogP contribution >= 0.6 is 0 Å². The lowest BCUT2D eigenvalue weighted by molar-refractivity contribution is -0.122. The average Bonchev–Trinajstić information content (AvgIpc) is 2.63. The minimum atomic E-state index is -3.63. The second-order valence-corrected chi connectivity index (χ2v) is 9.67. The monoisotopic (exact) mass is 408 g/mol. The third-order valence-corrected chi connectivity index (χ3v) is 7.19. The summed E-state index contributed by atoms with van der Waals surface area (Å²) in [5, 5.41) is 3.11. The maximum Gasteiger partial charge on any atom is 0.242 e. The lowest BCUT2D eigenvalue weighted by atomic mass is 9.96. The first kappa shape index (κ1) is 22.6. The lowest BCUT2D eigenvalue weighted by Gasteiger charge is -2.21. The SMILES string of the molecule is CC(=O)c1ccc(S(=O)(=O)N(C)CCCC(=O)NC2CCCCCCC2)cc1. The van der Waals surface area contributed by atoms with Gasteiger partial charge in [-0.25, -0.2) is 12.7 Å². The fraction of sp³-hybridized carbons (Fsp3) is 0.619. The molecule has 7 heteroatoms. The molecule has 0 aromatic heterocycles. The van der Waals surface area contributed by atoms with Gasteiger partial charge in [-0.05, 0) is 38.3 Å². The van der Waals surface area contributed by atoms with E-state index in [-0.39, 0.29) is 29.2 Å². The zero-order valence-corrected chi connectivity index (χ0v) is 17.8. The van der Waals surface area contributed by atoms with Gasteiger partial charge in [-0.3, -0.25) is 9.59 Å². The van der Waals surface area contributed by atoms with Crippen LogP contribution in [0.25, 0.3) is 0 Å². The van der Waals surface area contributed by atoms with Crippen molar-refractivity contribution in [2.24, 2.45) is 0 Å². The maximum absolute atomic E-state index is 12.6. The number of nitrogens with one attached hydrogen (secondary N) is 1. The van der Waals surface area contributed by atoms with Gasteiger partial charge in [-0.2, -0.15) is 0 Å². The largest absolute Gasteiger partial charge is 0.353 e. The van der Waals surface area contributed by atoms with E-state index in [4.69, 9.17) is 0 Å². The van der Waals surface area contributed by atoms with Crippen LogP contribution in [-0.4, -0.2) is 44.0 Å². The molecule has 2 rings (SSSR count). The van der Waals surface area contributed by atoms with Gasteiger partial charge >= 0.3 is 0 Å². The van der Waals surface area contributed by atoms with Crippen molar-refractivity contribution in [2.45, 2.75) is 75.6 Å². The van der Waals surface area contributed by atoms with Crippen molar-refractivity contribution in [3.05, 3.63) is 29.8 Å². The molecule has 0 bridgehead atoms. The summed E-state index contributed by atoms with van der Waals surface area (Å²) in [5.41, 5.74) is 0.479. The number of sulfonamides is 1. The van der Waals surface area contributed by atoms with Gasteiger partial charge in [0.2, 0.25) is 15.9 Å². The minimum Gasteiger partial charge on any atom is -0.353 e. The fourth-order valence-electron chi connectivity index (χ4n) is 3.52. The number of ketones is 1. The second-order valence-electron chi connectivity index (χ2n) is 7.62. The quantitative estimate of drug-likeness (QED) is 0.667. The highest BCUT2D eigenvalue weighted by molar-refractivity contribution is 7.89. The Bertz CT molecular complexity index is 751. The molecule has 1 aromatic rings. The van der Waals surface area contributed by atoms with Crippen molar-refractivity contribution in [3.63, 3.8) is 0 Å². The van der Waals surface area contributed by atoms with Crippen molar-refractivity contribution >= 4 is 21.7 Å². The van der Waals surface area contributed by atoms with Crippen molar-refractivity contribution < 1.29 is 18.0 Å². The number of hydrogen-bond donors (Lipinski definition) is 1. The van der Waals surface area contributed by atoms with Crippen LogP contribution in [0.15, 0.2) is 29.2 Å². The van der Waals surface area contributed by atoms with Crippen molar-refractivity contribution in [2.75, 3.05) is 13.6 Å². The van der Waals surface area contributed by atoms with Crippen LogP contribution in [0, 0.1) is 0 Å². The molecule has 28 heavy (non-hydrogen) atoms. The molecule has 1 aliphatic carbocycles. The number of benzene rings is 1. The number of carbonyl (C=O) groups is 2. The Morgan fingerprint density at radius 3 is 2.18 bits per heavy atom. The highest BCUT2D eigenvalue weighted by Gasteiger charge is 2.21. The van der Waals surface area contributed by atoms with Gasteiger partial charge in [0.05, 0.1) is 4.90 Å². The van der Waals surface area contributed by atoms with Crippen molar-refractivity contribution in [1.29, 1.82) is 0 Å². The Balaban J connectivity index is 1.80. The first-order valence-electron chi connectivity index (χ1n) is 10.2. The fourth-order valence-corrected chi connectivity index (χ4v) is 4.73. The molecule has 1 aromatic carbocycles. The molecule has 0 heterocycles. The lowest BCUT2D eigenvalue weighted by Crippen LogP contribution is -2.36. The van der Waals surface area contributed by atoms with E-state index in [1.54, 1.807) is 0 Å². The second kappa shape index (κ2) is 10.7. The van der Waals surface area contributed by atoms with E-state index in [0.29, 0.717) is 18.4 Å². The van der Waals surface area contributed by atoms with Gasteiger partial charge in [0.25, 0.3) is 0 Å². The third kappa shape index (κ3) is 6.71. The molecule has 0 atom stereocenters. The molecule has 1 N–H and O–H groups in total. The molecular formula is C21H32N2O4S. The first-order valence-corrected chi connectivity index (χ1v) is 11.6. The van der Waals surface area contributed by atoms with Crippen LogP contribution < -0.4 is 5.32 Å². The third-order valence-electron chi connectivity index (χ3n) is 5.32. The molecule has 1 fully saturated rings. The van der Waals surface area contributed by atoms with Crippen LogP contribution in [0.3, 0.4) is 0 Å². The molecule has 0 aliphatic heterocycles. The summed E-state index contributed by atoms with van der Waals surface area (Å²) in [6.45, 7) is 1.71. The molecule has 1 saturated carbocycles. The van der Waals surface area contributed by atoms with E-state index in [0.717, 1.165) is 25.7 Å². The number of Topliss-reactive ketones (excluding diaryl/α,β-unsaturated/α-hetero) is 1. The van der Waals surface area contributed by atoms with Gasteiger partial charge in [0, 0.05) is 31.6 Å². The van der Waals surface area contributed by atoms with Crippen LogP contribution in [-0.2, 0) is 14.8 Å². The number of amides is 1. The molecule has 156 valence electrons. The van der Waals surface area contributed by atoms with Crippen LogP contribution in [0.5, 0.6) is 0 Å². The summed E-state index contributed by atoms with van der Waals surface area (Å²) in [5.74, 6) is -0.102. The Hall–Kier alpha value is -1.73. The van der Waals surface area contributed by atoms with E-state index >= 15 is 0 Å². The number of hydrogen-bond acceptors (Lipinski definition) is 4. The van der Waals surface area contributed by atoms with E-state index in [1.807, 2.05) is 0 Å². The van der Waals surface area contributed by atoms with Gasteiger partial charge in [-0.15, -0.1) is 0 Å². The van der Waals surface area contributed by atoms with E-state index < -0.39 is 10.0 Å². The van der Waals surface area contributed by atoms with Gasteiger partial charge < -0.3 is 5.32 Å². The van der Waals surface area contributed by atoms with E-state index in [9.17, 15) is 18.0 Å². The minimum absolute atomic E-state index is 0.00202. The van der Waals surface area contributed by atoms with Gasteiger partial charge in [0.15, 0.2) is 5.78 Å². The normalized spacial score (nSPS) is 16.4. The van der Waals surface area contributed by atoms with Crippen LogP contribution in [0.2, 0.25) is 0 Å². The molecular weight excluding hydrogens is 376 g/mol. The number of nitrogens with zero attached hydrogens (tertiary/aromatic N) is 1. The predicted molar refractivity (Wildman–Crippen MR) is 110 cm³/mol. The molecule has 1 aliphatic rings. The zero-order valence-electron chi connectivity index (χ0n) is 16.9. The molecule has 0 saturated heterocycles. The first-order chi connectivity index (χ1) is 13.3. The Morgan fingerprint density at radius 2 is 1.61 bits per heavy atom. The number of carbonyl (C=O) groups excluding carboxylic acids is 2. The maximum atomic E-state index is 12.6. The van der Waals surface area contributed by atoms with Crippen LogP contribution in [0.1, 0.15) is 75.1 Å². The van der Waals surface area contributed by atoms with Crippen molar-refractivity contribution in [1.82, 2.24) is 9.62 Å². The zero-order chi connectivity index (χ0) is 20.6. The van der Waals surface area contributed by atoms with E-state index in [2.05, 4.69) is 5.32 Å². The summed E-state index contributed by atoms with van der Waals surface area (Å²) in [6.07, 6.45) is 8.96. The Kier molecular flexibility index (Phi) is 8.63. The summed E-state index contributed by atoms with van der Waals surface area (Å²) >= 11 is 0. The van der Waals surface area contributed by atoms with Gasteiger partial charge in [0.1, 0.15) is 0 Å². The highest BCUT2D eigenvalue weighted by atomic mass is 32.2. The number of rotatable bonds is 8. The molecule has 6 nitrogen and oxygen atoms in total. The smallest absolute Gasteiger partial charge is 0.242 e. The Morgan fingerprint density at radius 1 is 1.04 bits per heavy atom. The standard InChI is InChI=1S/C21H32N2O4S/c1-17(24)18-12-14-20(15-13-18)28(26,27)23(2)16-8-11-21(25)22-19-9-6-4-3-5-7-10-19/h12-15,19H,3-11,16H2,1-2H3,(H,22,25). The molecule has 0 unspecified atom stereocenters. The summed E-state index contributed by atoms with van der Waals surface area (Å²) in [4.78, 5) is 23.7. The van der Waals surface area contributed by atoms with Crippen molar-refractivity contribution in [3.8, 4) is 0 Å². The van der Waals surface area contributed by atoms with E-state index in [1.165, 1.54) is 61.8 Å². The molecule has 1 amide bonds. The topological polar surface area (TPSA) is 83.6 Å².